The summed E-state index contributed by atoms with van der Waals surface area (Å²) in [6, 6.07) is 0.582. The molecular formula is C12H24N2OS. The van der Waals surface area contributed by atoms with Crippen molar-refractivity contribution in [2.24, 2.45) is 5.92 Å². The van der Waals surface area contributed by atoms with Gasteiger partial charge in [0.15, 0.2) is 5.11 Å². The third-order valence-electron chi connectivity index (χ3n) is 3.16. The fourth-order valence-corrected chi connectivity index (χ4v) is 2.33. The van der Waals surface area contributed by atoms with E-state index in [1.165, 1.54) is 25.7 Å². The molecule has 1 aliphatic rings. The van der Waals surface area contributed by atoms with E-state index < -0.39 is 0 Å². The molecule has 1 aliphatic carbocycles. The summed E-state index contributed by atoms with van der Waals surface area (Å²) in [6.45, 7) is 4.01. The first-order valence-electron chi connectivity index (χ1n) is 6.25. The lowest BCUT2D eigenvalue weighted by atomic mass is 9.87. The molecule has 1 rings (SSSR count). The van der Waals surface area contributed by atoms with Gasteiger partial charge in [-0.05, 0) is 50.2 Å². The van der Waals surface area contributed by atoms with E-state index in [0.29, 0.717) is 6.04 Å². The molecule has 2 N–H and O–H groups in total. The van der Waals surface area contributed by atoms with Crippen molar-refractivity contribution < 1.29 is 4.74 Å². The highest BCUT2D eigenvalue weighted by Crippen LogP contribution is 2.23. The minimum absolute atomic E-state index is 0.582. The monoisotopic (exact) mass is 244 g/mol. The van der Waals surface area contributed by atoms with Crippen LogP contribution in [0.25, 0.3) is 0 Å². The van der Waals surface area contributed by atoms with Gasteiger partial charge in [-0.25, -0.2) is 0 Å². The first kappa shape index (κ1) is 13.7. The molecule has 0 atom stereocenters. The summed E-state index contributed by atoms with van der Waals surface area (Å²) in [6.07, 6.45) is 6.15. The number of methoxy groups -OCH3 is 1. The van der Waals surface area contributed by atoms with Crippen LogP contribution in [0.1, 0.15) is 39.0 Å². The zero-order valence-corrected chi connectivity index (χ0v) is 11.2. The number of nitrogens with one attached hydrogen (secondary N) is 2. The van der Waals surface area contributed by atoms with Crippen LogP contribution in [0.2, 0.25) is 0 Å². The van der Waals surface area contributed by atoms with Crippen molar-refractivity contribution in [1.29, 1.82) is 0 Å². The Morgan fingerprint density at radius 2 is 2.00 bits per heavy atom. The van der Waals surface area contributed by atoms with Crippen LogP contribution in [0, 0.1) is 5.92 Å². The van der Waals surface area contributed by atoms with E-state index in [1.807, 2.05) is 0 Å². The fraction of sp³-hybridized carbons (Fsp3) is 0.917. The topological polar surface area (TPSA) is 33.3 Å². The smallest absolute Gasteiger partial charge is 0.166 e. The van der Waals surface area contributed by atoms with E-state index in [4.69, 9.17) is 17.0 Å². The molecule has 0 bridgehead atoms. The largest absolute Gasteiger partial charge is 0.385 e. The van der Waals surface area contributed by atoms with Crippen molar-refractivity contribution >= 4 is 17.3 Å². The highest BCUT2D eigenvalue weighted by molar-refractivity contribution is 7.80. The Morgan fingerprint density at radius 3 is 2.62 bits per heavy atom. The molecule has 0 aromatic rings. The summed E-state index contributed by atoms with van der Waals surface area (Å²) >= 11 is 5.25. The molecule has 0 saturated heterocycles. The van der Waals surface area contributed by atoms with Crippen LogP contribution in [0.4, 0.5) is 0 Å². The molecule has 0 spiro atoms. The molecular weight excluding hydrogens is 220 g/mol. The van der Waals surface area contributed by atoms with Gasteiger partial charge in [0, 0.05) is 26.3 Å². The van der Waals surface area contributed by atoms with E-state index >= 15 is 0 Å². The quantitative estimate of drug-likeness (QED) is 0.573. The van der Waals surface area contributed by atoms with E-state index in [1.54, 1.807) is 7.11 Å². The van der Waals surface area contributed by atoms with Crippen LogP contribution in [0.5, 0.6) is 0 Å². The predicted molar refractivity (Wildman–Crippen MR) is 71.6 cm³/mol. The van der Waals surface area contributed by atoms with Crippen LogP contribution in [0.15, 0.2) is 0 Å². The lowest BCUT2D eigenvalue weighted by Gasteiger charge is -2.28. The zero-order valence-electron chi connectivity index (χ0n) is 10.4. The van der Waals surface area contributed by atoms with Gasteiger partial charge >= 0.3 is 0 Å². The molecule has 1 saturated carbocycles. The number of thiocarbonyl (C=S) groups is 1. The van der Waals surface area contributed by atoms with Gasteiger partial charge in [-0.1, -0.05) is 6.92 Å². The van der Waals surface area contributed by atoms with Gasteiger partial charge in [0.05, 0.1) is 0 Å². The number of ether oxygens (including phenoxy) is 1. The van der Waals surface area contributed by atoms with Crippen LogP contribution in [0.3, 0.4) is 0 Å². The molecule has 4 heteroatoms. The van der Waals surface area contributed by atoms with E-state index in [-0.39, 0.29) is 0 Å². The Labute approximate surface area is 104 Å². The van der Waals surface area contributed by atoms with Gasteiger partial charge in [0.2, 0.25) is 0 Å². The average molecular weight is 244 g/mol. The molecule has 0 aliphatic heterocycles. The van der Waals surface area contributed by atoms with Crippen LogP contribution < -0.4 is 10.6 Å². The van der Waals surface area contributed by atoms with Crippen LogP contribution >= 0.6 is 12.2 Å². The van der Waals surface area contributed by atoms with Crippen molar-refractivity contribution in [1.82, 2.24) is 10.6 Å². The average Bonchev–Trinajstić information content (AvgIpc) is 2.28. The normalized spacial score (nSPS) is 25.1. The third-order valence-corrected chi connectivity index (χ3v) is 3.42. The van der Waals surface area contributed by atoms with Gasteiger partial charge in [0.25, 0.3) is 0 Å². The second-order valence-corrected chi connectivity index (χ2v) is 5.11. The Morgan fingerprint density at radius 1 is 1.31 bits per heavy atom. The standard InChI is InChI=1S/C12H24N2OS/c1-10-4-6-11(7-5-10)14-12(16)13-8-3-9-15-2/h10-11H,3-9H2,1-2H3,(H2,13,14,16). The van der Waals surface area contributed by atoms with Gasteiger partial charge < -0.3 is 15.4 Å². The number of rotatable bonds is 5. The molecule has 0 heterocycles. The summed E-state index contributed by atoms with van der Waals surface area (Å²) in [5.41, 5.74) is 0. The van der Waals surface area contributed by atoms with Crippen molar-refractivity contribution in [3.05, 3.63) is 0 Å². The third kappa shape index (κ3) is 5.66. The highest BCUT2D eigenvalue weighted by atomic mass is 32.1. The molecule has 94 valence electrons. The lowest BCUT2D eigenvalue weighted by Crippen LogP contribution is -2.43. The first-order valence-corrected chi connectivity index (χ1v) is 6.66. The van der Waals surface area contributed by atoms with Crippen LogP contribution in [-0.2, 0) is 4.74 Å². The minimum atomic E-state index is 0.582. The maximum Gasteiger partial charge on any atom is 0.166 e. The zero-order chi connectivity index (χ0) is 11.8. The molecule has 0 aromatic heterocycles. The van der Waals surface area contributed by atoms with E-state index in [0.717, 1.165) is 30.6 Å². The van der Waals surface area contributed by atoms with Gasteiger partial charge in [-0.2, -0.15) is 0 Å². The van der Waals surface area contributed by atoms with Crippen molar-refractivity contribution in [3.8, 4) is 0 Å². The summed E-state index contributed by atoms with van der Waals surface area (Å²) in [5, 5.41) is 7.41. The number of hydrogen-bond donors (Lipinski definition) is 2. The highest BCUT2D eigenvalue weighted by Gasteiger charge is 2.18. The Hall–Kier alpha value is -0.350. The van der Waals surface area contributed by atoms with E-state index in [9.17, 15) is 0 Å². The predicted octanol–water partition coefficient (Wildman–Crippen LogP) is 2.07. The maximum atomic E-state index is 5.25. The minimum Gasteiger partial charge on any atom is -0.385 e. The molecule has 3 nitrogen and oxygen atoms in total. The fourth-order valence-electron chi connectivity index (χ4n) is 2.06. The van der Waals surface area contributed by atoms with Crippen molar-refractivity contribution in [3.63, 3.8) is 0 Å². The Balaban J connectivity index is 2.05. The Bertz CT molecular complexity index is 203. The van der Waals surface area contributed by atoms with Gasteiger partial charge in [-0.3, -0.25) is 0 Å². The summed E-state index contributed by atoms with van der Waals surface area (Å²) in [7, 11) is 1.72. The Kier molecular flexibility index (Phi) is 6.73. The van der Waals surface area contributed by atoms with Gasteiger partial charge in [-0.15, -0.1) is 0 Å². The number of hydrogen-bond acceptors (Lipinski definition) is 2. The van der Waals surface area contributed by atoms with Crippen molar-refractivity contribution in [2.45, 2.75) is 45.1 Å². The molecule has 0 unspecified atom stereocenters. The van der Waals surface area contributed by atoms with Crippen LogP contribution in [-0.4, -0.2) is 31.4 Å². The van der Waals surface area contributed by atoms with Crippen molar-refractivity contribution in [2.75, 3.05) is 20.3 Å². The molecule has 16 heavy (non-hydrogen) atoms. The second-order valence-electron chi connectivity index (χ2n) is 4.70. The van der Waals surface area contributed by atoms with Gasteiger partial charge in [0.1, 0.15) is 0 Å². The summed E-state index contributed by atoms with van der Waals surface area (Å²) < 4.78 is 4.98. The lowest BCUT2D eigenvalue weighted by molar-refractivity contribution is 0.195. The summed E-state index contributed by atoms with van der Waals surface area (Å²) in [5.74, 6) is 0.890. The SMILES string of the molecule is COCCCNC(=S)NC1CCC(C)CC1. The van der Waals surface area contributed by atoms with E-state index in [2.05, 4.69) is 17.6 Å². The molecule has 0 aromatic carbocycles. The maximum absolute atomic E-state index is 5.25. The molecule has 0 radical (unpaired) electrons. The molecule has 1 fully saturated rings. The molecule has 0 amide bonds. The first-order chi connectivity index (χ1) is 7.72. The second kappa shape index (κ2) is 7.85. The summed E-state index contributed by atoms with van der Waals surface area (Å²) in [4.78, 5) is 0.